The van der Waals surface area contributed by atoms with E-state index < -0.39 is 4.92 Å². The van der Waals surface area contributed by atoms with Crippen LogP contribution in [0.2, 0.25) is 0 Å². The third-order valence-corrected chi connectivity index (χ3v) is 3.61. The average molecular weight is 300 g/mol. The van der Waals surface area contributed by atoms with Gasteiger partial charge in [-0.15, -0.1) is 11.8 Å². The summed E-state index contributed by atoms with van der Waals surface area (Å²) in [4.78, 5) is 22.0. The number of anilines is 1. The van der Waals surface area contributed by atoms with Gasteiger partial charge < -0.3 is 15.2 Å². The molecule has 1 aromatic carbocycles. The Balaban J connectivity index is 2.81. The monoisotopic (exact) mass is 300 g/mol. The quantitative estimate of drug-likeness (QED) is 0.586. The van der Waals surface area contributed by atoms with Crippen LogP contribution in [-0.2, 0) is 4.79 Å². The van der Waals surface area contributed by atoms with E-state index in [1.165, 1.54) is 37.1 Å². The molecule has 1 aromatic rings. The van der Waals surface area contributed by atoms with Gasteiger partial charge in [0.2, 0.25) is 5.91 Å². The second-order valence-electron chi connectivity index (χ2n) is 3.87. The lowest BCUT2D eigenvalue weighted by Crippen LogP contribution is -2.23. The smallest absolute Gasteiger partial charge is 0.273 e. The number of aliphatic hydroxyl groups is 1. The van der Waals surface area contributed by atoms with Crippen LogP contribution >= 0.6 is 11.8 Å². The van der Waals surface area contributed by atoms with Gasteiger partial charge in [-0.05, 0) is 13.0 Å². The van der Waals surface area contributed by atoms with E-state index in [0.717, 1.165) is 0 Å². The number of nitrogens with zero attached hydrogens (tertiary/aromatic N) is 1. The van der Waals surface area contributed by atoms with E-state index in [2.05, 4.69) is 5.32 Å². The Morgan fingerprint density at radius 2 is 2.30 bits per heavy atom. The van der Waals surface area contributed by atoms with Gasteiger partial charge in [0.15, 0.2) is 0 Å². The fourth-order valence-corrected chi connectivity index (χ4v) is 2.11. The van der Waals surface area contributed by atoms with Crippen molar-refractivity contribution >= 4 is 29.0 Å². The number of carbonyl (C=O) groups is 1. The van der Waals surface area contributed by atoms with Gasteiger partial charge in [-0.25, -0.2) is 0 Å². The molecule has 0 aliphatic heterocycles. The molecule has 2 N–H and O–H groups in total. The second-order valence-corrected chi connectivity index (χ2v) is 5.32. The molecular formula is C12H16N2O5S. The van der Waals surface area contributed by atoms with Gasteiger partial charge in [0, 0.05) is 11.8 Å². The molecule has 1 atom stereocenters. The third-order valence-electron chi connectivity index (χ3n) is 2.48. The summed E-state index contributed by atoms with van der Waals surface area (Å²) in [5.74, 6) is 0.439. The number of carbonyl (C=O) groups excluding carboxylic acids is 1. The molecule has 0 heterocycles. The van der Waals surface area contributed by atoms with Crippen molar-refractivity contribution in [2.45, 2.75) is 12.2 Å². The highest BCUT2D eigenvalue weighted by Gasteiger charge is 2.17. The Hall–Kier alpha value is -1.80. The van der Waals surface area contributed by atoms with Crippen molar-refractivity contribution in [3.63, 3.8) is 0 Å². The van der Waals surface area contributed by atoms with E-state index in [1.54, 1.807) is 6.92 Å². The van der Waals surface area contributed by atoms with Crippen molar-refractivity contribution in [3.05, 3.63) is 28.3 Å². The fourth-order valence-electron chi connectivity index (χ4n) is 1.44. The zero-order chi connectivity index (χ0) is 15.1. The van der Waals surface area contributed by atoms with E-state index in [1.807, 2.05) is 0 Å². The normalized spacial score (nSPS) is 11.8. The lowest BCUT2D eigenvalue weighted by molar-refractivity contribution is -0.384. The number of rotatable bonds is 7. The molecule has 7 nitrogen and oxygen atoms in total. The minimum Gasteiger partial charge on any atom is -0.494 e. The number of thioether (sulfide) groups is 1. The van der Waals surface area contributed by atoms with Crippen LogP contribution in [0.4, 0.5) is 11.4 Å². The predicted molar refractivity (Wildman–Crippen MR) is 77.3 cm³/mol. The van der Waals surface area contributed by atoms with Crippen LogP contribution in [0.3, 0.4) is 0 Å². The van der Waals surface area contributed by atoms with Crippen molar-refractivity contribution in [2.75, 3.05) is 24.8 Å². The topological polar surface area (TPSA) is 102 Å². The minimum atomic E-state index is -0.534. The number of nitro groups is 1. The van der Waals surface area contributed by atoms with Crippen LogP contribution in [0.25, 0.3) is 0 Å². The highest BCUT2D eigenvalue weighted by atomic mass is 32.2. The van der Waals surface area contributed by atoms with E-state index >= 15 is 0 Å². The van der Waals surface area contributed by atoms with Crippen molar-refractivity contribution in [1.82, 2.24) is 0 Å². The zero-order valence-corrected chi connectivity index (χ0v) is 12.0. The van der Waals surface area contributed by atoms with Gasteiger partial charge in [0.05, 0.1) is 35.6 Å². The van der Waals surface area contributed by atoms with E-state index in [4.69, 9.17) is 9.84 Å². The number of hydrogen-bond acceptors (Lipinski definition) is 6. The maximum Gasteiger partial charge on any atom is 0.273 e. The largest absolute Gasteiger partial charge is 0.494 e. The number of nitrogens with one attached hydrogen (secondary N) is 1. The molecular weight excluding hydrogens is 284 g/mol. The molecule has 0 radical (unpaired) electrons. The fraction of sp³-hybridized carbons (Fsp3) is 0.417. The molecule has 1 amide bonds. The minimum absolute atomic E-state index is 0.00311. The molecule has 0 fully saturated rings. The highest BCUT2D eigenvalue weighted by Crippen LogP contribution is 2.29. The number of amides is 1. The first-order valence-corrected chi connectivity index (χ1v) is 6.90. The molecule has 0 saturated heterocycles. The number of nitro benzene ring substituents is 1. The maximum absolute atomic E-state index is 11.9. The van der Waals surface area contributed by atoms with Crippen LogP contribution in [0, 0.1) is 10.1 Å². The number of benzene rings is 1. The van der Waals surface area contributed by atoms with Gasteiger partial charge in [-0.2, -0.15) is 0 Å². The van der Waals surface area contributed by atoms with Crippen molar-refractivity contribution < 1.29 is 19.6 Å². The van der Waals surface area contributed by atoms with Crippen molar-refractivity contribution in [3.8, 4) is 5.75 Å². The van der Waals surface area contributed by atoms with Crippen molar-refractivity contribution in [1.29, 1.82) is 0 Å². The van der Waals surface area contributed by atoms with Crippen LogP contribution in [0.15, 0.2) is 18.2 Å². The Morgan fingerprint density at radius 3 is 2.85 bits per heavy atom. The summed E-state index contributed by atoms with van der Waals surface area (Å²) in [6, 6.07) is 3.98. The van der Waals surface area contributed by atoms with Gasteiger partial charge in [0.25, 0.3) is 5.69 Å². The van der Waals surface area contributed by atoms with Gasteiger partial charge in [-0.1, -0.05) is 0 Å². The summed E-state index contributed by atoms with van der Waals surface area (Å²) < 4.78 is 5.03. The standard InChI is InChI=1S/C12H16N2O5S/c1-8(20-6-5-15)12(16)13-10-4-3-9(14(17)18)7-11(10)19-2/h3-4,7-8,15H,5-6H2,1-2H3,(H,13,16)/t8-/m0/s1. The molecule has 0 saturated carbocycles. The molecule has 0 spiro atoms. The first kappa shape index (κ1) is 16.3. The molecule has 20 heavy (non-hydrogen) atoms. The second kappa shape index (κ2) is 7.71. The first-order chi connectivity index (χ1) is 9.49. The Bertz CT molecular complexity index is 495. The van der Waals surface area contributed by atoms with Crippen LogP contribution in [-0.4, -0.2) is 40.7 Å². The number of ether oxygens (including phenoxy) is 1. The summed E-state index contributed by atoms with van der Waals surface area (Å²) in [6.45, 7) is 1.72. The average Bonchev–Trinajstić information content (AvgIpc) is 2.44. The number of non-ortho nitro benzene ring substituents is 1. The molecule has 0 aliphatic rings. The third kappa shape index (κ3) is 4.39. The lowest BCUT2D eigenvalue weighted by atomic mass is 10.2. The summed E-state index contributed by atoms with van der Waals surface area (Å²) in [5.41, 5.74) is 0.266. The molecule has 1 rings (SSSR count). The predicted octanol–water partition coefficient (Wildman–Crippen LogP) is 1.66. The van der Waals surface area contributed by atoms with Gasteiger partial charge in [-0.3, -0.25) is 14.9 Å². The Morgan fingerprint density at radius 1 is 1.60 bits per heavy atom. The summed E-state index contributed by atoms with van der Waals surface area (Å²) in [5, 5.41) is 21.7. The highest BCUT2D eigenvalue weighted by molar-refractivity contribution is 8.00. The zero-order valence-electron chi connectivity index (χ0n) is 11.2. The Kier molecular flexibility index (Phi) is 6.26. The van der Waals surface area contributed by atoms with Gasteiger partial charge >= 0.3 is 0 Å². The summed E-state index contributed by atoms with van der Waals surface area (Å²) >= 11 is 1.31. The SMILES string of the molecule is COc1cc([N+](=O)[O-])ccc1NC(=O)[C@H](C)SCCO. The van der Waals surface area contributed by atoms with Gasteiger partial charge in [0.1, 0.15) is 5.75 Å². The van der Waals surface area contributed by atoms with E-state index in [-0.39, 0.29) is 29.2 Å². The molecule has 0 unspecified atom stereocenters. The van der Waals surface area contributed by atoms with Crippen LogP contribution < -0.4 is 10.1 Å². The summed E-state index contributed by atoms with van der Waals surface area (Å²) in [6.07, 6.45) is 0. The number of aliphatic hydroxyl groups excluding tert-OH is 1. The lowest BCUT2D eigenvalue weighted by Gasteiger charge is -2.13. The molecule has 8 heteroatoms. The van der Waals surface area contributed by atoms with Crippen molar-refractivity contribution in [2.24, 2.45) is 0 Å². The van der Waals surface area contributed by atoms with Crippen LogP contribution in [0.5, 0.6) is 5.75 Å². The Labute approximate surface area is 120 Å². The number of hydrogen-bond donors (Lipinski definition) is 2. The molecule has 0 aromatic heterocycles. The van der Waals surface area contributed by atoms with E-state index in [0.29, 0.717) is 11.4 Å². The molecule has 0 bridgehead atoms. The maximum atomic E-state index is 11.9. The van der Waals surface area contributed by atoms with Crippen LogP contribution in [0.1, 0.15) is 6.92 Å². The molecule has 0 aliphatic carbocycles. The number of methoxy groups -OCH3 is 1. The molecule has 110 valence electrons. The first-order valence-electron chi connectivity index (χ1n) is 5.85. The van der Waals surface area contributed by atoms with E-state index in [9.17, 15) is 14.9 Å². The summed E-state index contributed by atoms with van der Waals surface area (Å²) in [7, 11) is 1.37.